The first-order valence-electron chi connectivity index (χ1n) is 7.66. The van der Waals surface area contributed by atoms with Gasteiger partial charge in [0.2, 0.25) is 11.8 Å². The fraction of sp³-hybridized carbons (Fsp3) is 0.118. The van der Waals surface area contributed by atoms with Gasteiger partial charge in [0.15, 0.2) is 10.8 Å². The van der Waals surface area contributed by atoms with E-state index in [1.807, 2.05) is 0 Å². The standard InChI is InChI=1S/C17H13F3N4O2S/c18-17(19,20)13-9-14(26-11-5-2-1-3-6-11)23-15(22-13)24-16(27)21-10-12-7-4-8-25-12/h1-9H,10H2,(H2,21,22,23,24,27). The molecule has 2 aromatic heterocycles. The Kier molecular flexibility index (Phi) is 5.55. The molecular weight excluding hydrogens is 381 g/mol. The topological polar surface area (TPSA) is 72.2 Å². The molecule has 27 heavy (non-hydrogen) atoms. The second-order valence-corrected chi connectivity index (χ2v) is 5.62. The molecule has 0 saturated heterocycles. The van der Waals surface area contributed by atoms with Crippen LogP contribution in [0, 0.1) is 0 Å². The molecule has 0 aliphatic heterocycles. The zero-order valence-electron chi connectivity index (χ0n) is 13.7. The fourth-order valence-corrected chi connectivity index (χ4v) is 2.18. The first-order chi connectivity index (χ1) is 12.9. The molecule has 0 unspecified atom stereocenters. The first kappa shape index (κ1) is 18.6. The number of ether oxygens (including phenoxy) is 1. The summed E-state index contributed by atoms with van der Waals surface area (Å²) >= 11 is 5.05. The minimum absolute atomic E-state index is 0.0383. The Bertz CT molecular complexity index is 902. The Morgan fingerprint density at radius 1 is 1.11 bits per heavy atom. The summed E-state index contributed by atoms with van der Waals surface area (Å²) in [5.74, 6) is 0.346. The molecule has 0 bridgehead atoms. The zero-order valence-corrected chi connectivity index (χ0v) is 14.5. The highest BCUT2D eigenvalue weighted by Crippen LogP contribution is 2.31. The Morgan fingerprint density at radius 2 is 1.89 bits per heavy atom. The van der Waals surface area contributed by atoms with E-state index >= 15 is 0 Å². The molecule has 2 heterocycles. The number of para-hydroxylation sites is 1. The normalized spacial score (nSPS) is 11.1. The molecule has 6 nitrogen and oxygen atoms in total. The van der Waals surface area contributed by atoms with E-state index in [9.17, 15) is 13.2 Å². The van der Waals surface area contributed by atoms with Crippen molar-refractivity contribution >= 4 is 23.3 Å². The van der Waals surface area contributed by atoms with Crippen LogP contribution in [0.4, 0.5) is 19.1 Å². The molecule has 0 aliphatic carbocycles. The molecule has 3 rings (SSSR count). The smallest absolute Gasteiger partial charge is 0.433 e. The lowest BCUT2D eigenvalue weighted by Gasteiger charge is -2.13. The molecule has 0 spiro atoms. The van der Waals surface area contributed by atoms with Gasteiger partial charge in [0.1, 0.15) is 11.5 Å². The number of nitrogens with zero attached hydrogens (tertiary/aromatic N) is 2. The summed E-state index contributed by atoms with van der Waals surface area (Å²) in [4.78, 5) is 7.38. The Balaban J connectivity index is 1.76. The molecule has 0 radical (unpaired) electrons. The molecule has 0 atom stereocenters. The molecule has 3 aromatic rings. The van der Waals surface area contributed by atoms with Crippen LogP contribution in [0.1, 0.15) is 11.5 Å². The van der Waals surface area contributed by atoms with Crippen LogP contribution in [-0.4, -0.2) is 15.1 Å². The maximum Gasteiger partial charge on any atom is 0.433 e. The lowest BCUT2D eigenvalue weighted by Crippen LogP contribution is -2.29. The number of anilines is 1. The van der Waals surface area contributed by atoms with Crippen LogP contribution in [0.25, 0.3) is 0 Å². The third kappa shape index (κ3) is 5.42. The minimum atomic E-state index is -4.67. The zero-order chi connectivity index (χ0) is 19.3. The lowest BCUT2D eigenvalue weighted by molar-refractivity contribution is -0.141. The highest BCUT2D eigenvalue weighted by atomic mass is 32.1. The van der Waals surface area contributed by atoms with Crippen molar-refractivity contribution in [2.24, 2.45) is 0 Å². The average molecular weight is 394 g/mol. The number of hydrogen-bond acceptors (Lipinski definition) is 5. The number of halogens is 3. The first-order valence-corrected chi connectivity index (χ1v) is 8.07. The van der Waals surface area contributed by atoms with Crippen LogP contribution in [0.3, 0.4) is 0 Å². The van der Waals surface area contributed by atoms with Crippen molar-refractivity contribution in [2.45, 2.75) is 12.7 Å². The van der Waals surface area contributed by atoms with E-state index in [0.29, 0.717) is 11.5 Å². The van der Waals surface area contributed by atoms with E-state index in [4.69, 9.17) is 21.4 Å². The van der Waals surface area contributed by atoms with Crippen LogP contribution in [0.15, 0.2) is 59.2 Å². The number of nitrogens with one attached hydrogen (secondary N) is 2. The van der Waals surface area contributed by atoms with Gasteiger partial charge in [-0.05, 0) is 36.5 Å². The van der Waals surface area contributed by atoms with Gasteiger partial charge in [0, 0.05) is 6.07 Å². The van der Waals surface area contributed by atoms with E-state index in [2.05, 4.69) is 20.6 Å². The van der Waals surface area contributed by atoms with Crippen molar-refractivity contribution in [1.29, 1.82) is 0 Å². The number of hydrogen-bond donors (Lipinski definition) is 2. The van der Waals surface area contributed by atoms with E-state index in [1.54, 1.807) is 42.5 Å². The number of furan rings is 1. The monoisotopic (exact) mass is 394 g/mol. The van der Waals surface area contributed by atoms with Crippen LogP contribution >= 0.6 is 12.2 Å². The van der Waals surface area contributed by atoms with Gasteiger partial charge < -0.3 is 19.8 Å². The van der Waals surface area contributed by atoms with Crippen molar-refractivity contribution in [3.05, 3.63) is 66.2 Å². The Morgan fingerprint density at radius 3 is 2.56 bits per heavy atom. The number of thiocarbonyl (C=S) groups is 1. The third-order valence-corrected chi connectivity index (χ3v) is 3.43. The highest BCUT2D eigenvalue weighted by molar-refractivity contribution is 7.80. The average Bonchev–Trinajstić information content (AvgIpc) is 3.13. The second kappa shape index (κ2) is 8.04. The summed E-state index contributed by atoms with van der Waals surface area (Å²) in [6, 6.07) is 12.5. The van der Waals surface area contributed by atoms with Crippen molar-refractivity contribution in [3.8, 4) is 11.6 Å². The van der Waals surface area contributed by atoms with Crippen LogP contribution in [0.5, 0.6) is 11.6 Å². The summed E-state index contributed by atoms with van der Waals surface area (Å²) < 4.78 is 49.9. The molecule has 0 fully saturated rings. The van der Waals surface area contributed by atoms with Gasteiger partial charge in [-0.25, -0.2) is 4.98 Å². The molecule has 10 heteroatoms. The number of rotatable bonds is 5. The summed E-state index contributed by atoms with van der Waals surface area (Å²) in [6.45, 7) is 0.255. The number of alkyl halides is 3. The molecular formula is C17H13F3N4O2S. The Hall–Kier alpha value is -3.14. The van der Waals surface area contributed by atoms with Gasteiger partial charge >= 0.3 is 6.18 Å². The van der Waals surface area contributed by atoms with Crippen LogP contribution in [0.2, 0.25) is 0 Å². The van der Waals surface area contributed by atoms with Gasteiger partial charge in [-0.3, -0.25) is 0 Å². The predicted octanol–water partition coefficient (Wildman–Crippen LogP) is 4.37. The van der Waals surface area contributed by atoms with Gasteiger partial charge in [-0.2, -0.15) is 18.2 Å². The van der Waals surface area contributed by atoms with Crippen LogP contribution < -0.4 is 15.4 Å². The predicted molar refractivity (Wildman–Crippen MR) is 95.3 cm³/mol. The molecule has 0 amide bonds. The van der Waals surface area contributed by atoms with Crippen molar-refractivity contribution in [1.82, 2.24) is 15.3 Å². The molecule has 0 aliphatic rings. The number of benzene rings is 1. The molecule has 140 valence electrons. The molecule has 1 aromatic carbocycles. The van der Waals surface area contributed by atoms with Crippen molar-refractivity contribution in [2.75, 3.05) is 5.32 Å². The maximum absolute atomic E-state index is 13.1. The summed E-state index contributed by atoms with van der Waals surface area (Å²) in [5.41, 5.74) is -1.15. The maximum atomic E-state index is 13.1. The molecule has 0 saturated carbocycles. The largest absolute Gasteiger partial charge is 0.467 e. The lowest BCUT2D eigenvalue weighted by atomic mass is 10.3. The molecule has 2 N–H and O–H groups in total. The Labute approximate surface area is 157 Å². The highest BCUT2D eigenvalue weighted by Gasteiger charge is 2.34. The van der Waals surface area contributed by atoms with Gasteiger partial charge in [-0.1, -0.05) is 18.2 Å². The SMILES string of the molecule is FC(F)(F)c1cc(Oc2ccccc2)nc(NC(=S)NCc2ccco2)n1. The minimum Gasteiger partial charge on any atom is -0.467 e. The second-order valence-electron chi connectivity index (χ2n) is 5.21. The van der Waals surface area contributed by atoms with Gasteiger partial charge in [-0.15, -0.1) is 0 Å². The quantitative estimate of drug-likeness (QED) is 0.623. The van der Waals surface area contributed by atoms with Crippen molar-refractivity contribution < 1.29 is 22.3 Å². The van der Waals surface area contributed by atoms with E-state index in [0.717, 1.165) is 6.07 Å². The van der Waals surface area contributed by atoms with Gasteiger partial charge in [0.05, 0.1) is 12.8 Å². The van der Waals surface area contributed by atoms with E-state index < -0.39 is 11.9 Å². The summed E-state index contributed by atoms with van der Waals surface area (Å²) in [7, 11) is 0. The third-order valence-electron chi connectivity index (χ3n) is 3.19. The fourth-order valence-electron chi connectivity index (χ4n) is 2.01. The van der Waals surface area contributed by atoms with Crippen LogP contribution in [-0.2, 0) is 12.7 Å². The summed E-state index contributed by atoms with van der Waals surface area (Å²) in [6.07, 6.45) is -3.17. The summed E-state index contributed by atoms with van der Waals surface area (Å²) in [5, 5.41) is 5.34. The van der Waals surface area contributed by atoms with Crippen molar-refractivity contribution in [3.63, 3.8) is 0 Å². The van der Waals surface area contributed by atoms with E-state index in [-0.39, 0.29) is 23.5 Å². The van der Waals surface area contributed by atoms with Gasteiger partial charge in [0.25, 0.3) is 0 Å². The number of aromatic nitrogens is 2. The van der Waals surface area contributed by atoms with E-state index in [1.165, 1.54) is 6.26 Å².